The SMILES string of the molecule is Cn1nncc1-c1ccc2c(c1)NCCC2. The Balaban J connectivity index is 2.06. The summed E-state index contributed by atoms with van der Waals surface area (Å²) in [6.45, 7) is 1.07. The molecule has 0 radical (unpaired) electrons. The van der Waals surface area contributed by atoms with Gasteiger partial charge >= 0.3 is 0 Å². The third-order valence-corrected chi connectivity index (χ3v) is 3.06. The Kier molecular flexibility index (Phi) is 2.13. The first-order valence-electron chi connectivity index (χ1n) is 5.56. The molecule has 1 aromatic heterocycles. The molecular weight excluding hydrogens is 200 g/mol. The summed E-state index contributed by atoms with van der Waals surface area (Å²) in [7, 11) is 1.91. The molecule has 0 bridgehead atoms. The number of anilines is 1. The van der Waals surface area contributed by atoms with Gasteiger partial charge < -0.3 is 5.32 Å². The highest BCUT2D eigenvalue weighted by molar-refractivity contribution is 5.67. The zero-order valence-corrected chi connectivity index (χ0v) is 9.27. The number of nitrogens with one attached hydrogen (secondary N) is 1. The standard InChI is InChI=1S/C12H14N4/c1-16-12(8-14-15-16)10-5-4-9-3-2-6-13-11(9)7-10/h4-5,7-8,13H,2-3,6H2,1H3. The zero-order valence-electron chi connectivity index (χ0n) is 9.27. The largest absolute Gasteiger partial charge is 0.385 e. The molecule has 0 aliphatic carbocycles. The second kappa shape index (κ2) is 3.63. The summed E-state index contributed by atoms with van der Waals surface area (Å²) in [6.07, 6.45) is 4.19. The van der Waals surface area contributed by atoms with Crippen LogP contribution in [0.25, 0.3) is 11.3 Å². The van der Waals surface area contributed by atoms with Crippen LogP contribution in [0, 0.1) is 0 Å². The lowest BCUT2D eigenvalue weighted by molar-refractivity contribution is 0.720. The van der Waals surface area contributed by atoms with Crippen molar-refractivity contribution in [2.75, 3.05) is 11.9 Å². The van der Waals surface area contributed by atoms with E-state index in [1.807, 2.05) is 7.05 Å². The molecular formula is C12H14N4. The highest BCUT2D eigenvalue weighted by Gasteiger charge is 2.11. The van der Waals surface area contributed by atoms with Gasteiger partial charge in [-0.2, -0.15) is 0 Å². The van der Waals surface area contributed by atoms with Crippen molar-refractivity contribution in [2.24, 2.45) is 7.05 Å². The molecule has 2 heterocycles. The first-order chi connectivity index (χ1) is 7.84. The Labute approximate surface area is 94.3 Å². The van der Waals surface area contributed by atoms with Crippen LogP contribution in [-0.4, -0.2) is 21.5 Å². The van der Waals surface area contributed by atoms with Crippen molar-refractivity contribution in [3.8, 4) is 11.3 Å². The molecule has 1 aliphatic rings. The number of benzene rings is 1. The van der Waals surface area contributed by atoms with Gasteiger partial charge in [0.15, 0.2) is 0 Å². The Morgan fingerprint density at radius 3 is 3.12 bits per heavy atom. The summed E-state index contributed by atoms with van der Waals surface area (Å²) in [5.41, 5.74) is 4.88. The van der Waals surface area contributed by atoms with Gasteiger partial charge in [-0.05, 0) is 24.5 Å². The summed E-state index contributed by atoms with van der Waals surface area (Å²) in [5.74, 6) is 0. The molecule has 0 fully saturated rings. The first-order valence-corrected chi connectivity index (χ1v) is 5.56. The minimum absolute atomic E-state index is 1.05. The Bertz CT molecular complexity index is 515. The lowest BCUT2D eigenvalue weighted by atomic mass is 10.0. The van der Waals surface area contributed by atoms with Crippen molar-refractivity contribution in [2.45, 2.75) is 12.8 Å². The molecule has 0 saturated carbocycles. The third-order valence-electron chi connectivity index (χ3n) is 3.06. The van der Waals surface area contributed by atoms with Crippen molar-refractivity contribution in [3.05, 3.63) is 30.0 Å². The monoisotopic (exact) mass is 214 g/mol. The number of hydrogen-bond acceptors (Lipinski definition) is 3. The van der Waals surface area contributed by atoms with Crippen LogP contribution < -0.4 is 5.32 Å². The van der Waals surface area contributed by atoms with E-state index >= 15 is 0 Å². The molecule has 1 aliphatic heterocycles. The Morgan fingerprint density at radius 1 is 1.38 bits per heavy atom. The number of hydrogen-bond donors (Lipinski definition) is 1. The first kappa shape index (κ1) is 9.39. The predicted molar refractivity (Wildman–Crippen MR) is 63.2 cm³/mol. The average molecular weight is 214 g/mol. The second-order valence-corrected chi connectivity index (χ2v) is 4.15. The fourth-order valence-electron chi connectivity index (χ4n) is 2.17. The average Bonchev–Trinajstić information content (AvgIpc) is 2.75. The normalized spacial score (nSPS) is 14.3. The summed E-state index contributed by atoms with van der Waals surface area (Å²) in [5, 5.41) is 11.3. The number of fused-ring (bicyclic) bond motifs is 1. The van der Waals surface area contributed by atoms with Gasteiger partial charge in [0, 0.05) is 24.8 Å². The van der Waals surface area contributed by atoms with E-state index in [1.165, 1.54) is 29.7 Å². The van der Waals surface area contributed by atoms with E-state index in [0.29, 0.717) is 0 Å². The summed E-state index contributed by atoms with van der Waals surface area (Å²) < 4.78 is 1.80. The smallest absolute Gasteiger partial charge is 0.0882 e. The zero-order chi connectivity index (χ0) is 11.0. The van der Waals surface area contributed by atoms with E-state index in [-0.39, 0.29) is 0 Å². The molecule has 3 rings (SSSR count). The maximum Gasteiger partial charge on any atom is 0.0882 e. The van der Waals surface area contributed by atoms with E-state index in [9.17, 15) is 0 Å². The van der Waals surface area contributed by atoms with Gasteiger partial charge in [-0.1, -0.05) is 17.3 Å². The van der Waals surface area contributed by atoms with Crippen molar-refractivity contribution in [1.82, 2.24) is 15.0 Å². The van der Waals surface area contributed by atoms with Gasteiger partial charge in [-0.3, -0.25) is 0 Å². The van der Waals surface area contributed by atoms with Gasteiger partial charge in [0.1, 0.15) is 0 Å². The minimum atomic E-state index is 1.05. The van der Waals surface area contributed by atoms with Crippen LogP contribution in [0.5, 0.6) is 0 Å². The fraction of sp³-hybridized carbons (Fsp3) is 0.333. The van der Waals surface area contributed by atoms with Crippen molar-refractivity contribution < 1.29 is 0 Å². The molecule has 1 N–H and O–H groups in total. The lowest BCUT2D eigenvalue weighted by Gasteiger charge is -2.18. The summed E-state index contributed by atoms with van der Waals surface area (Å²) in [6, 6.07) is 6.53. The van der Waals surface area contributed by atoms with Gasteiger partial charge in [0.05, 0.1) is 11.9 Å². The molecule has 16 heavy (non-hydrogen) atoms. The lowest BCUT2D eigenvalue weighted by Crippen LogP contribution is -2.11. The van der Waals surface area contributed by atoms with E-state index < -0.39 is 0 Å². The summed E-state index contributed by atoms with van der Waals surface area (Å²) >= 11 is 0. The summed E-state index contributed by atoms with van der Waals surface area (Å²) in [4.78, 5) is 0. The predicted octanol–water partition coefficient (Wildman–Crippen LogP) is 1.84. The fourth-order valence-corrected chi connectivity index (χ4v) is 2.17. The van der Waals surface area contributed by atoms with Crippen molar-refractivity contribution in [3.63, 3.8) is 0 Å². The second-order valence-electron chi connectivity index (χ2n) is 4.15. The third kappa shape index (κ3) is 1.46. The van der Waals surface area contributed by atoms with Gasteiger partial charge in [0.2, 0.25) is 0 Å². The van der Waals surface area contributed by atoms with Crippen molar-refractivity contribution >= 4 is 5.69 Å². The molecule has 4 nitrogen and oxygen atoms in total. The van der Waals surface area contributed by atoms with Crippen molar-refractivity contribution in [1.29, 1.82) is 0 Å². The van der Waals surface area contributed by atoms with Crippen LogP contribution in [0.3, 0.4) is 0 Å². The minimum Gasteiger partial charge on any atom is -0.385 e. The van der Waals surface area contributed by atoms with Gasteiger partial charge in [0.25, 0.3) is 0 Å². The topological polar surface area (TPSA) is 42.7 Å². The highest BCUT2D eigenvalue weighted by atomic mass is 15.4. The van der Waals surface area contributed by atoms with Crippen LogP contribution >= 0.6 is 0 Å². The Hall–Kier alpha value is -1.84. The number of nitrogens with zero attached hydrogens (tertiary/aromatic N) is 3. The quantitative estimate of drug-likeness (QED) is 0.787. The molecule has 1 aromatic carbocycles. The van der Waals surface area contributed by atoms with Crippen LogP contribution in [-0.2, 0) is 13.5 Å². The maximum atomic E-state index is 3.95. The Morgan fingerprint density at radius 2 is 2.31 bits per heavy atom. The van der Waals surface area contributed by atoms with Crippen LogP contribution in [0.1, 0.15) is 12.0 Å². The van der Waals surface area contributed by atoms with E-state index in [4.69, 9.17) is 0 Å². The van der Waals surface area contributed by atoms with Crippen LogP contribution in [0.4, 0.5) is 5.69 Å². The maximum absolute atomic E-state index is 3.95. The molecule has 82 valence electrons. The molecule has 0 amide bonds. The van der Waals surface area contributed by atoms with Gasteiger partial charge in [-0.25, -0.2) is 4.68 Å². The van der Waals surface area contributed by atoms with E-state index in [0.717, 1.165) is 12.2 Å². The molecule has 0 unspecified atom stereocenters. The molecule has 4 heteroatoms. The molecule has 2 aromatic rings. The molecule has 0 spiro atoms. The number of rotatable bonds is 1. The van der Waals surface area contributed by atoms with Gasteiger partial charge in [-0.15, -0.1) is 5.10 Å². The van der Waals surface area contributed by atoms with E-state index in [1.54, 1.807) is 10.9 Å². The number of aromatic nitrogens is 3. The van der Waals surface area contributed by atoms with E-state index in [2.05, 4.69) is 33.8 Å². The van der Waals surface area contributed by atoms with Crippen LogP contribution in [0.2, 0.25) is 0 Å². The van der Waals surface area contributed by atoms with Crippen LogP contribution in [0.15, 0.2) is 24.4 Å². The molecule has 0 atom stereocenters. The number of aryl methyl sites for hydroxylation is 2. The highest BCUT2D eigenvalue weighted by Crippen LogP contribution is 2.27. The molecule has 0 saturated heterocycles.